The molecule has 0 fully saturated rings. The largest absolute Gasteiger partial charge is 0.463 e. The fourth-order valence-electron chi connectivity index (χ4n) is 4.35. The molecule has 39 heavy (non-hydrogen) atoms. The molecule has 6 heteroatoms. The molecule has 0 saturated heterocycles. The van der Waals surface area contributed by atoms with Gasteiger partial charge < -0.3 is 23.7 Å². The number of unbranched alkanes of at least 4 members (excludes halogenated alkanes) is 14. The van der Waals surface area contributed by atoms with Crippen molar-refractivity contribution in [2.24, 2.45) is 0 Å². The van der Waals surface area contributed by atoms with Crippen molar-refractivity contribution in [1.82, 2.24) is 0 Å². The molecule has 0 atom stereocenters. The maximum atomic E-state index is 11.8. The standard InChI is InChI=1S/C33H58O6/c1-2-3-4-5-6-7-8-9-10-11-12-13-14-15-19-22-33(34)39-30-29-37-26-25-35-23-24-36-27-28-38-31-32-20-17-16-18-21-32/h16-18,20-21H,2-15,19,22-31H2,1H3. The van der Waals surface area contributed by atoms with E-state index < -0.39 is 0 Å². The topological polar surface area (TPSA) is 63.2 Å². The summed E-state index contributed by atoms with van der Waals surface area (Å²) in [6, 6.07) is 10.1. The summed E-state index contributed by atoms with van der Waals surface area (Å²) in [5.74, 6) is -0.116. The van der Waals surface area contributed by atoms with Crippen LogP contribution in [0.5, 0.6) is 0 Å². The molecular weight excluding hydrogens is 492 g/mol. The van der Waals surface area contributed by atoms with Crippen LogP contribution in [0.15, 0.2) is 30.3 Å². The number of carbonyl (C=O) groups excluding carboxylic acids is 1. The van der Waals surface area contributed by atoms with Crippen LogP contribution in [-0.4, -0.2) is 58.8 Å². The number of ether oxygens (including phenoxy) is 5. The predicted molar refractivity (Wildman–Crippen MR) is 159 cm³/mol. The Morgan fingerprint density at radius 2 is 0.923 bits per heavy atom. The highest BCUT2D eigenvalue weighted by molar-refractivity contribution is 5.69. The number of rotatable bonds is 30. The van der Waals surface area contributed by atoms with Gasteiger partial charge in [0.05, 0.1) is 52.9 Å². The summed E-state index contributed by atoms with van der Waals surface area (Å²) in [5, 5.41) is 0. The molecule has 0 N–H and O–H groups in total. The summed E-state index contributed by atoms with van der Waals surface area (Å²) in [7, 11) is 0. The minimum absolute atomic E-state index is 0.116. The van der Waals surface area contributed by atoms with Crippen LogP contribution in [0.1, 0.15) is 115 Å². The van der Waals surface area contributed by atoms with Crippen molar-refractivity contribution in [1.29, 1.82) is 0 Å². The van der Waals surface area contributed by atoms with Gasteiger partial charge in [0.15, 0.2) is 0 Å². The summed E-state index contributed by atoms with van der Waals surface area (Å²) in [6.07, 6.45) is 20.4. The van der Waals surface area contributed by atoms with Gasteiger partial charge >= 0.3 is 5.97 Å². The molecule has 1 aromatic carbocycles. The second kappa shape index (κ2) is 29.5. The van der Waals surface area contributed by atoms with Crippen LogP contribution in [0.25, 0.3) is 0 Å². The summed E-state index contributed by atoms with van der Waals surface area (Å²) in [5.41, 5.74) is 1.16. The zero-order chi connectivity index (χ0) is 27.9. The average molecular weight is 551 g/mol. The van der Waals surface area contributed by atoms with Crippen LogP contribution in [0.2, 0.25) is 0 Å². The van der Waals surface area contributed by atoms with E-state index in [-0.39, 0.29) is 5.97 Å². The Kier molecular flexibility index (Phi) is 26.9. The Balaban J connectivity index is 1.69. The highest BCUT2D eigenvalue weighted by Gasteiger charge is 2.03. The summed E-state index contributed by atoms with van der Waals surface area (Å²) >= 11 is 0. The number of hydrogen-bond donors (Lipinski definition) is 0. The lowest BCUT2D eigenvalue weighted by Crippen LogP contribution is -2.14. The van der Waals surface area contributed by atoms with Gasteiger partial charge in [-0.25, -0.2) is 0 Å². The van der Waals surface area contributed by atoms with Gasteiger partial charge in [0.25, 0.3) is 0 Å². The lowest BCUT2D eigenvalue weighted by Gasteiger charge is -2.08. The predicted octanol–water partition coefficient (Wildman–Crippen LogP) is 8.06. The van der Waals surface area contributed by atoms with Crippen molar-refractivity contribution in [3.8, 4) is 0 Å². The highest BCUT2D eigenvalue weighted by atomic mass is 16.6. The van der Waals surface area contributed by atoms with Crippen LogP contribution in [0, 0.1) is 0 Å². The van der Waals surface area contributed by atoms with Gasteiger partial charge in [0, 0.05) is 6.42 Å². The molecule has 0 bridgehead atoms. The van der Waals surface area contributed by atoms with Crippen molar-refractivity contribution in [2.45, 2.75) is 116 Å². The molecule has 0 heterocycles. The van der Waals surface area contributed by atoms with Gasteiger partial charge in [-0.1, -0.05) is 127 Å². The molecule has 0 aromatic heterocycles. The van der Waals surface area contributed by atoms with E-state index in [0.717, 1.165) is 18.4 Å². The maximum absolute atomic E-state index is 11.8. The molecule has 6 nitrogen and oxygen atoms in total. The lowest BCUT2D eigenvalue weighted by atomic mass is 10.0. The maximum Gasteiger partial charge on any atom is 0.305 e. The van der Waals surface area contributed by atoms with Gasteiger partial charge in [0.1, 0.15) is 6.61 Å². The molecule has 1 rings (SSSR count). The van der Waals surface area contributed by atoms with E-state index in [0.29, 0.717) is 65.9 Å². The first kappa shape index (κ1) is 35.6. The van der Waals surface area contributed by atoms with Crippen molar-refractivity contribution in [2.75, 3.05) is 52.9 Å². The van der Waals surface area contributed by atoms with Gasteiger partial charge in [-0.2, -0.15) is 0 Å². The number of hydrogen-bond acceptors (Lipinski definition) is 6. The minimum Gasteiger partial charge on any atom is -0.463 e. The van der Waals surface area contributed by atoms with E-state index in [2.05, 4.69) is 6.92 Å². The zero-order valence-corrected chi connectivity index (χ0v) is 25.0. The van der Waals surface area contributed by atoms with E-state index in [9.17, 15) is 4.79 Å². The zero-order valence-electron chi connectivity index (χ0n) is 25.0. The molecule has 0 aliphatic heterocycles. The van der Waals surface area contributed by atoms with Crippen LogP contribution < -0.4 is 0 Å². The molecule has 0 unspecified atom stereocenters. The smallest absolute Gasteiger partial charge is 0.305 e. The van der Waals surface area contributed by atoms with Crippen LogP contribution in [0.4, 0.5) is 0 Å². The Labute approximate surface area is 239 Å². The first-order valence-electron chi connectivity index (χ1n) is 15.8. The van der Waals surface area contributed by atoms with Gasteiger partial charge in [-0.15, -0.1) is 0 Å². The molecule has 0 amide bonds. The molecular formula is C33H58O6. The third-order valence-electron chi connectivity index (χ3n) is 6.70. The van der Waals surface area contributed by atoms with Gasteiger partial charge in [-0.3, -0.25) is 4.79 Å². The van der Waals surface area contributed by atoms with Crippen LogP contribution >= 0.6 is 0 Å². The third kappa shape index (κ3) is 26.5. The fourth-order valence-corrected chi connectivity index (χ4v) is 4.35. The molecule has 0 spiro atoms. The number of benzene rings is 1. The molecule has 0 aliphatic carbocycles. The van der Waals surface area contributed by atoms with E-state index in [1.807, 2.05) is 30.3 Å². The molecule has 0 aliphatic rings. The van der Waals surface area contributed by atoms with Gasteiger partial charge in [-0.05, 0) is 12.0 Å². The first-order chi connectivity index (χ1) is 19.3. The minimum atomic E-state index is -0.116. The van der Waals surface area contributed by atoms with Crippen molar-refractivity contribution < 1.29 is 28.5 Å². The van der Waals surface area contributed by atoms with E-state index in [1.54, 1.807) is 0 Å². The van der Waals surface area contributed by atoms with Crippen molar-refractivity contribution in [3.05, 3.63) is 35.9 Å². The quantitative estimate of drug-likeness (QED) is 0.0713. The summed E-state index contributed by atoms with van der Waals surface area (Å²) < 4.78 is 27.2. The van der Waals surface area contributed by atoms with E-state index in [1.165, 1.54) is 83.5 Å². The Morgan fingerprint density at radius 3 is 1.41 bits per heavy atom. The van der Waals surface area contributed by atoms with E-state index in [4.69, 9.17) is 23.7 Å². The fraction of sp³-hybridized carbons (Fsp3) is 0.788. The number of carbonyl (C=O) groups is 1. The monoisotopic (exact) mass is 550 g/mol. The third-order valence-corrected chi connectivity index (χ3v) is 6.70. The lowest BCUT2D eigenvalue weighted by molar-refractivity contribution is -0.145. The second-order valence-corrected chi connectivity index (χ2v) is 10.3. The van der Waals surface area contributed by atoms with Crippen LogP contribution in [0.3, 0.4) is 0 Å². The SMILES string of the molecule is CCCCCCCCCCCCCCCCCC(=O)OCCOCCOCCOCCOCc1ccccc1. The van der Waals surface area contributed by atoms with Gasteiger partial charge in [0.2, 0.25) is 0 Å². The highest BCUT2D eigenvalue weighted by Crippen LogP contribution is 2.13. The molecule has 0 saturated carbocycles. The first-order valence-corrected chi connectivity index (χ1v) is 15.8. The number of esters is 1. The molecule has 1 aromatic rings. The summed E-state index contributed by atoms with van der Waals surface area (Å²) in [6.45, 7) is 6.75. The van der Waals surface area contributed by atoms with Crippen molar-refractivity contribution >= 4 is 5.97 Å². The second-order valence-electron chi connectivity index (χ2n) is 10.3. The average Bonchev–Trinajstić information content (AvgIpc) is 2.95. The Bertz CT molecular complexity index is 624. The normalized spacial score (nSPS) is 11.2. The molecule has 226 valence electrons. The summed E-state index contributed by atoms with van der Waals surface area (Å²) in [4.78, 5) is 11.8. The van der Waals surface area contributed by atoms with Crippen LogP contribution in [-0.2, 0) is 35.1 Å². The van der Waals surface area contributed by atoms with E-state index >= 15 is 0 Å². The van der Waals surface area contributed by atoms with Crippen molar-refractivity contribution in [3.63, 3.8) is 0 Å². The molecule has 0 radical (unpaired) electrons. The Morgan fingerprint density at radius 1 is 0.513 bits per heavy atom. The Hall–Kier alpha value is -1.47.